The zero-order chi connectivity index (χ0) is 12.8. The van der Waals surface area contributed by atoms with E-state index in [1.165, 1.54) is 11.1 Å². The van der Waals surface area contributed by atoms with Gasteiger partial charge in [0.15, 0.2) is 0 Å². The topological polar surface area (TPSA) is 6.48 Å². The van der Waals surface area contributed by atoms with Gasteiger partial charge in [0, 0.05) is 32.7 Å². The van der Waals surface area contributed by atoms with E-state index < -0.39 is 0 Å². The summed E-state index contributed by atoms with van der Waals surface area (Å²) in [6.45, 7) is 18.1. The monoisotopic (exact) mass is 234 g/mol. The largest absolute Gasteiger partial charge is 0.304 e. The van der Waals surface area contributed by atoms with Gasteiger partial charge in [-0.3, -0.25) is 4.90 Å². The SMILES string of the molecule is C=C(/C=C\C(=C)C(C)C)CN1CCN(C)CC1. The Morgan fingerprint density at radius 1 is 1.12 bits per heavy atom. The fourth-order valence-corrected chi connectivity index (χ4v) is 1.76. The Balaban J connectivity index is 2.32. The summed E-state index contributed by atoms with van der Waals surface area (Å²) in [5, 5.41) is 0. The molecule has 0 atom stereocenters. The molecule has 1 heterocycles. The highest BCUT2D eigenvalue weighted by atomic mass is 15.2. The quantitative estimate of drug-likeness (QED) is 0.675. The Morgan fingerprint density at radius 2 is 1.71 bits per heavy atom. The summed E-state index contributed by atoms with van der Waals surface area (Å²) >= 11 is 0. The van der Waals surface area contributed by atoms with Crippen molar-refractivity contribution < 1.29 is 0 Å². The van der Waals surface area contributed by atoms with Crippen molar-refractivity contribution in [3.63, 3.8) is 0 Å². The molecule has 0 unspecified atom stereocenters. The van der Waals surface area contributed by atoms with Crippen molar-refractivity contribution in [2.75, 3.05) is 39.8 Å². The van der Waals surface area contributed by atoms with Gasteiger partial charge < -0.3 is 4.90 Å². The predicted molar refractivity (Wildman–Crippen MR) is 76.2 cm³/mol. The van der Waals surface area contributed by atoms with E-state index in [1.807, 2.05) is 0 Å². The first-order chi connectivity index (χ1) is 7.99. The van der Waals surface area contributed by atoms with Crippen molar-refractivity contribution >= 4 is 0 Å². The van der Waals surface area contributed by atoms with Crippen LogP contribution >= 0.6 is 0 Å². The molecular formula is C15H26N2. The number of hydrogen-bond donors (Lipinski definition) is 0. The minimum Gasteiger partial charge on any atom is -0.304 e. The van der Waals surface area contributed by atoms with E-state index in [1.54, 1.807) is 0 Å². The van der Waals surface area contributed by atoms with Crippen molar-refractivity contribution in [3.05, 3.63) is 36.5 Å². The highest BCUT2D eigenvalue weighted by molar-refractivity contribution is 5.26. The molecule has 1 rings (SSSR count). The third-order valence-electron chi connectivity index (χ3n) is 3.30. The van der Waals surface area contributed by atoms with Crippen molar-refractivity contribution in [1.82, 2.24) is 9.80 Å². The summed E-state index contributed by atoms with van der Waals surface area (Å²) in [6.07, 6.45) is 4.21. The number of rotatable bonds is 5. The molecule has 0 aromatic heterocycles. The zero-order valence-electron chi connectivity index (χ0n) is 11.6. The van der Waals surface area contributed by atoms with Crippen LogP contribution in [0.4, 0.5) is 0 Å². The smallest absolute Gasteiger partial charge is 0.0228 e. The van der Waals surface area contributed by atoms with Crippen LogP contribution < -0.4 is 0 Å². The molecule has 1 fully saturated rings. The molecule has 0 N–H and O–H groups in total. The molecule has 0 bridgehead atoms. The minimum atomic E-state index is 0.516. The molecule has 0 spiro atoms. The average Bonchev–Trinajstić information content (AvgIpc) is 2.29. The van der Waals surface area contributed by atoms with E-state index in [0.29, 0.717) is 5.92 Å². The van der Waals surface area contributed by atoms with Crippen LogP contribution in [0.3, 0.4) is 0 Å². The summed E-state index contributed by atoms with van der Waals surface area (Å²) < 4.78 is 0. The maximum absolute atomic E-state index is 4.12. The molecule has 2 nitrogen and oxygen atoms in total. The molecule has 0 aromatic rings. The van der Waals surface area contributed by atoms with Crippen LogP contribution in [0.5, 0.6) is 0 Å². The Labute approximate surface area is 106 Å². The fraction of sp³-hybridized carbons (Fsp3) is 0.600. The summed E-state index contributed by atoms with van der Waals surface area (Å²) in [7, 11) is 2.18. The Hall–Kier alpha value is -0.860. The fourth-order valence-electron chi connectivity index (χ4n) is 1.76. The summed E-state index contributed by atoms with van der Waals surface area (Å²) in [5.74, 6) is 0.516. The third-order valence-corrected chi connectivity index (χ3v) is 3.30. The van der Waals surface area contributed by atoms with Crippen LogP contribution in [0.15, 0.2) is 36.5 Å². The second-order valence-electron chi connectivity index (χ2n) is 5.30. The van der Waals surface area contributed by atoms with Gasteiger partial charge in [-0.05, 0) is 18.5 Å². The number of hydrogen-bond acceptors (Lipinski definition) is 2. The maximum atomic E-state index is 4.12. The molecule has 0 saturated carbocycles. The average molecular weight is 234 g/mol. The summed E-state index contributed by atoms with van der Waals surface area (Å²) in [5.41, 5.74) is 2.35. The molecule has 2 heteroatoms. The van der Waals surface area contributed by atoms with Gasteiger partial charge in [-0.1, -0.05) is 44.7 Å². The Kier molecular flexibility index (Phi) is 5.66. The highest BCUT2D eigenvalue weighted by Gasteiger charge is 2.13. The molecular weight excluding hydrogens is 208 g/mol. The van der Waals surface area contributed by atoms with Crippen LogP contribution in [0.25, 0.3) is 0 Å². The van der Waals surface area contributed by atoms with Gasteiger partial charge in [0.05, 0.1) is 0 Å². The maximum Gasteiger partial charge on any atom is 0.0228 e. The van der Waals surface area contributed by atoms with Gasteiger partial charge in [-0.2, -0.15) is 0 Å². The van der Waals surface area contributed by atoms with E-state index >= 15 is 0 Å². The summed E-state index contributed by atoms with van der Waals surface area (Å²) in [4.78, 5) is 4.83. The van der Waals surface area contributed by atoms with Crippen LogP contribution in [-0.2, 0) is 0 Å². The molecule has 1 aliphatic rings. The Bertz CT molecular complexity index is 294. The van der Waals surface area contributed by atoms with Crippen LogP contribution in [0.1, 0.15) is 13.8 Å². The van der Waals surface area contributed by atoms with Gasteiger partial charge in [0.2, 0.25) is 0 Å². The lowest BCUT2D eigenvalue weighted by Gasteiger charge is -2.32. The molecule has 0 aliphatic carbocycles. The van der Waals surface area contributed by atoms with E-state index in [9.17, 15) is 0 Å². The number of piperazine rings is 1. The zero-order valence-corrected chi connectivity index (χ0v) is 11.6. The van der Waals surface area contributed by atoms with Crippen molar-refractivity contribution in [2.45, 2.75) is 13.8 Å². The molecule has 1 saturated heterocycles. The molecule has 0 aromatic carbocycles. The third kappa shape index (κ3) is 5.33. The lowest BCUT2D eigenvalue weighted by Crippen LogP contribution is -2.44. The van der Waals surface area contributed by atoms with Crippen molar-refractivity contribution in [3.8, 4) is 0 Å². The van der Waals surface area contributed by atoms with Crippen LogP contribution in [0.2, 0.25) is 0 Å². The van der Waals surface area contributed by atoms with E-state index in [2.05, 4.69) is 56.0 Å². The van der Waals surface area contributed by atoms with Crippen LogP contribution in [-0.4, -0.2) is 49.6 Å². The predicted octanol–water partition coefficient (Wildman–Crippen LogP) is 2.56. The van der Waals surface area contributed by atoms with E-state index in [4.69, 9.17) is 0 Å². The van der Waals surface area contributed by atoms with Crippen molar-refractivity contribution in [2.24, 2.45) is 5.92 Å². The van der Waals surface area contributed by atoms with E-state index in [-0.39, 0.29) is 0 Å². The first-order valence-electron chi connectivity index (χ1n) is 6.44. The van der Waals surface area contributed by atoms with Crippen LogP contribution in [0, 0.1) is 5.92 Å². The lowest BCUT2D eigenvalue weighted by molar-refractivity contribution is 0.165. The normalized spacial score (nSPS) is 19.1. The standard InChI is InChI=1S/C15H26N2/c1-13(2)15(4)7-6-14(3)12-17-10-8-16(5)9-11-17/h6-7,13H,3-4,8-12H2,1-2,5H3/b7-6-. The first kappa shape index (κ1) is 14.2. The number of allylic oxidation sites excluding steroid dienone is 2. The Morgan fingerprint density at radius 3 is 2.24 bits per heavy atom. The summed E-state index contributed by atoms with van der Waals surface area (Å²) in [6, 6.07) is 0. The van der Waals surface area contributed by atoms with Gasteiger partial charge in [-0.15, -0.1) is 0 Å². The molecule has 17 heavy (non-hydrogen) atoms. The van der Waals surface area contributed by atoms with Gasteiger partial charge in [0.25, 0.3) is 0 Å². The van der Waals surface area contributed by atoms with Gasteiger partial charge in [-0.25, -0.2) is 0 Å². The number of likely N-dealkylation sites (N-methyl/N-ethyl adjacent to an activating group) is 1. The first-order valence-corrected chi connectivity index (χ1v) is 6.44. The van der Waals surface area contributed by atoms with Crippen molar-refractivity contribution in [1.29, 1.82) is 0 Å². The number of nitrogens with zero attached hydrogens (tertiary/aromatic N) is 2. The lowest BCUT2D eigenvalue weighted by atomic mass is 10.0. The highest BCUT2D eigenvalue weighted by Crippen LogP contribution is 2.10. The van der Waals surface area contributed by atoms with Gasteiger partial charge in [0.1, 0.15) is 0 Å². The molecule has 96 valence electrons. The second kappa shape index (κ2) is 6.77. The van der Waals surface area contributed by atoms with Gasteiger partial charge >= 0.3 is 0 Å². The minimum absolute atomic E-state index is 0.516. The second-order valence-corrected chi connectivity index (χ2v) is 5.30. The molecule has 0 amide bonds. The molecule has 0 radical (unpaired) electrons. The molecule has 1 aliphatic heterocycles. The van der Waals surface area contributed by atoms with E-state index in [0.717, 1.165) is 32.7 Å².